The van der Waals surface area contributed by atoms with Gasteiger partial charge in [-0.1, -0.05) is 36.4 Å². The second-order valence-corrected chi connectivity index (χ2v) is 9.46. The number of fused-ring (bicyclic) bond motifs is 1. The summed E-state index contributed by atoms with van der Waals surface area (Å²) in [4.78, 5) is 43.8. The Labute approximate surface area is 212 Å². The second kappa shape index (κ2) is 12.5. The van der Waals surface area contributed by atoms with E-state index in [0.717, 1.165) is 43.4 Å². The third kappa shape index (κ3) is 6.83. The van der Waals surface area contributed by atoms with E-state index in [4.69, 9.17) is 14.5 Å². The molecule has 192 valence electrons. The molecule has 1 fully saturated rings. The molecule has 0 radical (unpaired) electrons. The lowest BCUT2D eigenvalue weighted by atomic mass is 9.91. The van der Waals surface area contributed by atoms with Crippen LogP contribution in [-0.4, -0.2) is 53.6 Å². The second-order valence-electron chi connectivity index (χ2n) is 9.46. The Kier molecular flexibility index (Phi) is 8.92. The Bertz CT molecular complexity index is 1060. The van der Waals surface area contributed by atoms with Gasteiger partial charge in [-0.15, -0.1) is 0 Å². The summed E-state index contributed by atoms with van der Waals surface area (Å²) in [5, 5.41) is 2.56. The summed E-state index contributed by atoms with van der Waals surface area (Å²) in [5.41, 5.74) is 4.56. The number of amides is 2. The van der Waals surface area contributed by atoms with Crippen molar-refractivity contribution in [2.75, 3.05) is 19.7 Å². The third-order valence-corrected chi connectivity index (χ3v) is 6.80. The number of carbonyl (C=O) groups excluding carboxylic acids is 3. The Morgan fingerprint density at radius 2 is 1.92 bits per heavy atom. The molecule has 1 aromatic heterocycles. The van der Waals surface area contributed by atoms with E-state index < -0.39 is 18.1 Å². The Hall–Kier alpha value is -3.42. The van der Waals surface area contributed by atoms with Crippen LogP contribution in [0.3, 0.4) is 0 Å². The van der Waals surface area contributed by atoms with Crippen LogP contribution in [0, 0.1) is 5.92 Å². The van der Waals surface area contributed by atoms with Crippen molar-refractivity contribution < 1.29 is 23.9 Å². The number of aromatic nitrogens is 1. The van der Waals surface area contributed by atoms with E-state index in [1.54, 1.807) is 11.8 Å². The van der Waals surface area contributed by atoms with Crippen molar-refractivity contribution in [3.8, 4) is 0 Å². The summed E-state index contributed by atoms with van der Waals surface area (Å²) in [6, 6.07) is 12.6. The van der Waals surface area contributed by atoms with Gasteiger partial charge in [0.1, 0.15) is 12.6 Å². The molecule has 2 atom stereocenters. The maximum Gasteiger partial charge on any atom is 0.408 e. The first-order valence-electron chi connectivity index (χ1n) is 12.9. The van der Waals surface area contributed by atoms with Crippen LogP contribution >= 0.6 is 0 Å². The predicted molar refractivity (Wildman–Crippen MR) is 134 cm³/mol. The summed E-state index contributed by atoms with van der Waals surface area (Å²) in [5.74, 6) is -0.637. The number of benzene rings is 1. The van der Waals surface area contributed by atoms with E-state index >= 15 is 0 Å². The highest BCUT2D eigenvalue weighted by atomic mass is 16.6. The number of nitrogens with zero attached hydrogens (tertiary/aromatic N) is 2. The molecular formula is C28H35N3O5. The fourth-order valence-electron chi connectivity index (χ4n) is 4.80. The van der Waals surface area contributed by atoms with Crippen molar-refractivity contribution >= 4 is 18.0 Å². The Morgan fingerprint density at radius 1 is 1.11 bits per heavy atom. The first-order chi connectivity index (χ1) is 17.5. The SMILES string of the molecule is CCOC(=O)[C@H](CN1CC(CCCc2ccc3c(n2)CCCC3)C1=O)NC(=O)OCc1ccccc1. The fraction of sp³-hybridized carbons (Fsp3) is 0.500. The number of esters is 1. The molecule has 0 spiro atoms. The van der Waals surface area contributed by atoms with Crippen molar-refractivity contribution in [2.24, 2.45) is 5.92 Å². The molecule has 1 N–H and O–H groups in total. The van der Waals surface area contributed by atoms with Gasteiger partial charge in [-0.05, 0) is 69.1 Å². The van der Waals surface area contributed by atoms with E-state index in [0.29, 0.717) is 6.54 Å². The highest BCUT2D eigenvalue weighted by Gasteiger charge is 2.39. The van der Waals surface area contributed by atoms with Gasteiger partial charge >= 0.3 is 12.1 Å². The Balaban J connectivity index is 1.22. The van der Waals surface area contributed by atoms with Crippen molar-refractivity contribution in [3.05, 3.63) is 65.0 Å². The number of nitrogens with one attached hydrogen (secondary N) is 1. The van der Waals surface area contributed by atoms with Crippen LogP contribution in [0.4, 0.5) is 4.79 Å². The lowest BCUT2D eigenvalue weighted by Crippen LogP contribution is -2.59. The molecule has 1 saturated heterocycles. The van der Waals surface area contributed by atoms with E-state index in [9.17, 15) is 14.4 Å². The maximum absolute atomic E-state index is 12.7. The lowest BCUT2D eigenvalue weighted by molar-refractivity contribution is -0.152. The maximum atomic E-state index is 12.7. The number of hydrogen-bond donors (Lipinski definition) is 1. The fourth-order valence-corrected chi connectivity index (χ4v) is 4.80. The van der Waals surface area contributed by atoms with E-state index in [-0.39, 0.29) is 31.6 Å². The standard InChI is InChI=1S/C28H35N3O5/c1-2-35-27(33)25(30-28(34)36-19-20-9-4-3-5-10-20)18-31-17-22(26(31)32)12-8-13-23-16-15-21-11-6-7-14-24(21)29-23/h3-5,9-10,15-16,22,25H,2,6-8,11-14,17-19H2,1H3,(H,30,34)/t22?,25-/m0/s1. The summed E-state index contributed by atoms with van der Waals surface area (Å²) < 4.78 is 10.3. The number of aryl methyl sites for hydroxylation is 3. The van der Waals surface area contributed by atoms with Gasteiger partial charge in [0.25, 0.3) is 0 Å². The van der Waals surface area contributed by atoms with Crippen LogP contribution in [-0.2, 0) is 44.9 Å². The summed E-state index contributed by atoms with van der Waals surface area (Å²) in [6.07, 6.45) is 6.45. The molecule has 2 aromatic rings. The van der Waals surface area contributed by atoms with Crippen molar-refractivity contribution in [1.29, 1.82) is 0 Å². The summed E-state index contributed by atoms with van der Waals surface area (Å²) in [6.45, 7) is 2.61. The van der Waals surface area contributed by atoms with E-state index in [1.807, 2.05) is 30.3 Å². The molecule has 2 aliphatic rings. The molecule has 1 aliphatic heterocycles. The zero-order chi connectivity index (χ0) is 25.3. The Morgan fingerprint density at radius 3 is 2.69 bits per heavy atom. The first kappa shape index (κ1) is 25.7. The first-order valence-corrected chi connectivity index (χ1v) is 12.9. The normalized spacial score (nSPS) is 17.5. The van der Waals surface area contributed by atoms with Gasteiger partial charge in [-0.25, -0.2) is 9.59 Å². The van der Waals surface area contributed by atoms with Crippen molar-refractivity contribution in [3.63, 3.8) is 0 Å². The van der Waals surface area contributed by atoms with Gasteiger partial charge in [-0.3, -0.25) is 9.78 Å². The lowest BCUT2D eigenvalue weighted by Gasteiger charge is -2.40. The number of pyridine rings is 1. The predicted octanol–water partition coefficient (Wildman–Crippen LogP) is 3.60. The number of rotatable bonds is 11. The van der Waals surface area contributed by atoms with Gasteiger partial charge in [0.2, 0.25) is 5.91 Å². The summed E-state index contributed by atoms with van der Waals surface area (Å²) >= 11 is 0. The number of hydrogen-bond acceptors (Lipinski definition) is 6. The number of alkyl carbamates (subject to hydrolysis) is 1. The van der Waals surface area contributed by atoms with Crippen LogP contribution in [0.25, 0.3) is 0 Å². The van der Waals surface area contributed by atoms with Gasteiger partial charge in [0.05, 0.1) is 19.1 Å². The molecule has 2 amide bonds. The van der Waals surface area contributed by atoms with Crippen LogP contribution in [0.5, 0.6) is 0 Å². The zero-order valence-electron chi connectivity index (χ0n) is 20.9. The monoisotopic (exact) mass is 493 g/mol. The largest absolute Gasteiger partial charge is 0.464 e. The van der Waals surface area contributed by atoms with Gasteiger partial charge in [-0.2, -0.15) is 0 Å². The number of ether oxygens (including phenoxy) is 2. The summed E-state index contributed by atoms with van der Waals surface area (Å²) in [7, 11) is 0. The minimum atomic E-state index is -0.974. The smallest absolute Gasteiger partial charge is 0.408 e. The molecule has 1 aliphatic carbocycles. The molecule has 1 aromatic carbocycles. The van der Waals surface area contributed by atoms with Crippen LogP contribution in [0.2, 0.25) is 0 Å². The molecule has 1 unspecified atom stereocenters. The van der Waals surface area contributed by atoms with Gasteiger partial charge in [0.15, 0.2) is 0 Å². The van der Waals surface area contributed by atoms with Crippen molar-refractivity contribution in [1.82, 2.24) is 15.2 Å². The number of likely N-dealkylation sites (tertiary alicyclic amines) is 1. The minimum Gasteiger partial charge on any atom is -0.464 e. The molecule has 0 bridgehead atoms. The highest BCUT2D eigenvalue weighted by Crippen LogP contribution is 2.25. The molecule has 36 heavy (non-hydrogen) atoms. The van der Waals surface area contributed by atoms with Crippen LogP contribution in [0.1, 0.15) is 55.1 Å². The van der Waals surface area contributed by atoms with Gasteiger partial charge in [0, 0.05) is 17.9 Å². The third-order valence-electron chi connectivity index (χ3n) is 6.80. The molecule has 8 nitrogen and oxygen atoms in total. The molecule has 2 heterocycles. The molecule has 0 saturated carbocycles. The van der Waals surface area contributed by atoms with E-state index in [1.165, 1.54) is 24.1 Å². The zero-order valence-corrected chi connectivity index (χ0v) is 20.9. The van der Waals surface area contributed by atoms with Crippen LogP contribution in [0.15, 0.2) is 42.5 Å². The number of carbonyl (C=O) groups is 3. The average Bonchev–Trinajstić information content (AvgIpc) is 2.90. The number of β-lactam (4-membered cyclic amide) rings is 1. The van der Waals surface area contributed by atoms with Crippen LogP contribution < -0.4 is 5.32 Å². The minimum absolute atomic E-state index is 0.00199. The molecule has 8 heteroatoms. The van der Waals surface area contributed by atoms with E-state index in [2.05, 4.69) is 17.4 Å². The van der Waals surface area contributed by atoms with Gasteiger partial charge < -0.3 is 19.7 Å². The van der Waals surface area contributed by atoms with Crippen molar-refractivity contribution in [2.45, 2.75) is 64.5 Å². The molecule has 4 rings (SSSR count). The quantitative estimate of drug-likeness (QED) is 0.379. The molecular weight excluding hydrogens is 458 g/mol. The highest BCUT2D eigenvalue weighted by molar-refractivity contribution is 5.87. The average molecular weight is 494 g/mol. The topological polar surface area (TPSA) is 97.8 Å².